The third-order valence-corrected chi connectivity index (χ3v) is 3.52. The van der Waals surface area contributed by atoms with Crippen molar-refractivity contribution in [2.75, 3.05) is 18.0 Å². The molecule has 1 fully saturated rings. The highest BCUT2D eigenvalue weighted by atomic mass is 19.1. The third-order valence-electron chi connectivity index (χ3n) is 3.52. The lowest BCUT2D eigenvalue weighted by Crippen LogP contribution is -2.23. The zero-order valence-corrected chi connectivity index (χ0v) is 10.8. The van der Waals surface area contributed by atoms with E-state index in [1.807, 2.05) is 19.1 Å². The van der Waals surface area contributed by atoms with E-state index in [2.05, 4.69) is 18.7 Å². The molecule has 1 heterocycles. The maximum absolute atomic E-state index is 14.0. The molecule has 3 heteroatoms. The van der Waals surface area contributed by atoms with Gasteiger partial charge in [0.2, 0.25) is 0 Å². The van der Waals surface area contributed by atoms with Crippen molar-refractivity contribution in [3.8, 4) is 0 Å². The Morgan fingerprint density at radius 2 is 2.12 bits per heavy atom. The van der Waals surface area contributed by atoms with Gasteiger partial charge in [-0.3, -0.25) is 0 Å². The minimum atomic E-state index is -0.155. The lowest BCUT2D eigenvalue weighted by Gasteiger charge is -2.22. The molecular weight excluding hydrogens is 215 g/mol. The van der Waals surface area contributed by atoms with Crippen molar-refractivity contribution in [2.24, 2.45) is 11.1 Å². The summed E-state index contributed by atoms with van der Waals surface area (Å²) in [4.78, 5) is 2.13. The van der Waals surface area contributed by atoms with E-state index < -0.39 is 0 Å². The topological polar surface area (TPSA) is 29.3 Å². The Morgan fingerprint density at radius 1 is 1.41 bits per heavy atom. The molecule has 0 bridgehead atoms. The maximum atomic E-state index is 14.0. The van der Waals surface area contributed by atoms with E-state index in [-0.39, 0.29) is 17.3 Å². The highest BCUT2D eigenvalue weighted by Crippen LogP contribution is 2.34. The Morgan fingerprint density at radius 3 is 2.59 bits per heavy atom. The summed E-state index contributed by atoms with van der Waals surface area (Å²) >= 11 is 0. The smallest absolute Gasteiger partial charge is 0.146 e. The average molecular weight is 236 g/mol. The number of hydrogen-bond acceptors (Lipinski definition) is 2. The van der Waals surface area contributed by atoms with Crippen LogP contribution in [-0.2, 0) is 0 Å². The molecule has 94 valence electrons. The van der Waals surface area contributed by atoms with E-state index in [1.165, 1.54) is 0 Å². The highest BCUT2D eigenvalue weighted by molar-refractivity contribution is 5.50. The second-order valence-electron chi connectivity index (χ2n) is 5.84. The fourth-order valence-electron chi connectivity index (χ4n) is 2.38. The van der Waals surface area contributed by atoms with Gasteiger partial charge >= 0.3 is 0 Å². The van der Waals surface area contributed by atoms with Crippen LogP contribution in [0, 0.1) is 11.2 Å². The van der Waals surface area contributed by atoms with E-state index in [4.69, 9.17) is 5.73 Å². The lowest BCUT2D eigenvalue weighted by molar-refractivity contribution is 0.418. The van der Waals surface area contributed by atoms with Crippen molar-refractivity contribution in [1.29, 1.82) is 0 Å². The van der Waals surface area contributed by atoms with Crippen molar-refractivity contribution in [1.82, 2.24) is 0 Å². The third kappa shape index (κ3) is 2.60. The number of anilines is 1. The van der Waals surface area contributed by atoms with Gasteiger partial charge in [0, 0.05) is 19.1 Å². The van der Waals surface area contributed by atoms with E-state index in [9.17, 15) is 4.39 Å². The molecule has 0 aliphatic carbocycles. The van der Waals surface area contributed by atoms with Crippen LogP contribution >= 0.6 is 0 Å². The number of nitrogens with two attached hydrogens (primary N) is 1. The molecule has 1 atom stereocenters. The van der Waals surface area contributed by atoms with Crippen LogP contribution in [0.1, 0.15) is 38.8 Å². The van der Waals surface area contributed by atoms with Crippen LogP contribution in [0.4, 0.5) is 10.1 Å². The monoisotopic (exact) mass is 236 g/mol. The summed E-state index contributed by atoms with van der Waals surface area (Å²) in [5, 5.41) is 0. The molecule has 1 aliphatic heterocycles. The quantitative estimate of drug-likeness (QED) is 0.855. The molecule has 0 aromatic heterocycles. The molecule has 0 saturated carbocycles. The molecule has 1 aromatic rings. The van der Waals surface area contributed by atoms with Crippen molar-refractivity contribution in [3.63, 3.8) is 0 Å². The van der Waals surface area contributed by atoms with Crippen LogP contribution in [0.25, 0.3) is 0 Å². The molecular formula is C14H21FN2. The average Bonchev–Trinajstić information content (AvgIpc) is 2.58. The zero-order valence-electron chi connectivity index (χ0n) is 10.8. The molecule has 17 heavy (non-hydrogen) atoms. The van der Waals surface area contributed by atoms with Gasteiger partial charge in [-0.2, -0.15) is 0 Å². The second-order valence-corrected chi connectivity index (χ2v) is 5.84. The SMILES string of the molecule is C[C@H](N)c1ccc(N2CCC(C)(C)C2)c(F)c1. The molecule has 0 radical (unpaired) electrons. The van der Waals surface area contributed by atoms with E-state index >= 15 is 0 Å². The first-order valence-electron chi connectivity index (χ1n) is 6.19. The Labute approximate surface area is 103 Å². The summed E-state index contributed by atoms with van der Waals surface area (Å²) in [6.45, 7) is 8.17. The molecule has 0 unspecified atom stereocenters. The van der Waals surface area contributed by atoms with Crippen LogP contribution in [0.3, 0.4) is 0 Å². The molecule has 2 nitrogen and oxygen atoms in total. The minimum absolute atomic E-state index is 0.117. The summed E-state index contributed by atoms with van der Waals surface area (Å²) in [6.07, 6.45) is 1.11. The number of nitrogens with zero attached hydrogens (tertiary/aromatic N) is 1. The lowest BCUT2D eigenvalue weighted by atomic mass is 9.93. The van der Waals surface area contributed by atoms with Crippen molar-refractivity contribution >= 4 is 5.69 Å². The van der Waals surface area contributed by atoms with Crippen LogP contribution in [-0.4, -0.2) is 13.1 Å². The van der Waals surface area contributed by atoms with Gasteiger partial charge in [-0.25, -0.2) is 4.39 Å². The van der Waals surface area contributed by atoms with Crippen molar-refractivity contribution < 1.29 is 4.39 Å². The van der Waals surface area contributed by atoms with Gasteiger partial charge in [0.05, 0.1) is 5.69 Å². The van der Waals surface area contributed by atoms with Gasteiger partial charge in [0.25, 0.3) is 0 Å². The molecule has 2 N–H and O–H groups in total. The largest absolute Gasteiger partial charge is 0.369 e. The minimum Gasteiger partial charge on any atom is -0.369 e. The molecule has 2 rings (SSSR count). The van der Waals surface area contributed by atoms with E-state index in [0.29, 0.717) is 5.69 Å². The maximum Gasteiger partial charge on any atom is 0.146 e. The number of benzene rings is 1. The van der Waals surface area contributed by atoms with Gasteiger partial charge in [-0.05, 0) is 36.5 Å². The summed E-state index contributed by atoms with van der Waals surface area (Å²) in [5.41, 5.74) is 7.59. The zero-order chi connectivity index (χ0) is 12.6. The van der Waals surface area contributed by atoms with Crippen LogP contribution in [0.15, 0.2) is 18.2 Å². The van der Waals surface area contributed by atoms with E-state index in [0.717, 1.165) is 25.1 Å². The fraction of sp³-hybridized carbons (Fsp3) is 0.571. The highest BCUT2D eigenvalue weighted by Gasteiger charge is 2.30. The van der Waals surface area contributed by atoms with Gasteiger partial charge in [0.1, 0.15) is 5.82 Å². The molecule has 0 amide bonds. The van der Waals surface area contributed by atoms with Crippen molar-refractivity contribution in [3.05, 3.63) is 29.6 Å². The van der Waals surface area contributed by atoms with Crippen LogP contribution < -0.4 is 10.6 Å². The van der Waals surface area contributed by atoms with Crippen molar-refractivity contribution in [2.45, 2.75) is 33.2 Å². The Bertz CT molecular complexity index is 413. The van der Waals surface area contributed by atoms with Crippen LogP contribution in [0.5, 0.6) is 0 Å². The first kappa shape index (κ1) is 12.4. The van der Waals surface area contributed by atoms with Gasteiger partial charge in [-0.15, -0.1) is 0 Å². The Hall–Kier alpha value is -1.09. The second kappa shape index (κ2) is 4.30. The fourth-order valence-corrected chi connectivity index (χ4v) is 2.38. The first-order valence-corrected chi connectivity index (χ1v) is 6.19. The molecule has 0 spiro atoms. The molecule has 1 aromatic carbocycles. The first-order chi connectivity index (χ1) is 7.89. The molecule has 1 aliphatic rings. The number of hydrogen-bond donors (Lipinski definition) is 1. The predicted octanol–water partition coefficient (Wildman–Crippen LogP) is 3.08. The van der Waals surface area contributed by atoms with Gasteiger partial charge < -0.3 is 10.6 Å². The summed E-state index contributed by atoms with van der Waals surface area (Å²) in [5.74, 6) is -0.155. The Kier molecular flexibility index (Phi) is 3.13. The molecule has 1 saturated heterocycles. The number of halogens is 1. The predicted molar refractivity (Wildman–Crippen MR) is 69.6 cm³/mol. The van der Waals surface area contributed by atoms with Gasteiger partial charge in [0.15, 0.2) is 0 Å². The van der Waals surface area contributed by atoms with Gasteiger partial charge in [-0.1, -0.05) is 19.9 Å². The van der Waals surface area contributed by atoms with E-state index in [1.54, 1.807) is 6.07 Å². The standard InChI is InChI=1S/C14H21FN2/c1-10(16)11-4-5-13(12(15)8-11)17-7-6-14(2,3)9-17/h4-5,8,10H,6-7,9,16H2,1-3H3/t10-/m0/s1. The Balaban J connectivity index is 2.23. The summed E-state index contributed by atoms with van der Waals surface area (Å²) in [6, 6.07) is 5.23. The normalized spacial score (nSPS) is 20.6. The summed E-state index contributed by atoms with van der Waals surface area (Å²) in [7, 11) is 0. The van der Waals surface area contributed by atoms with Crippen LogP contribution in [0.2, 0.25) is 0 Å². The number of rotatable bonds is 2. The summed E-state index contributed by atoms with van der Waals surface area (Å²) < 4.78 is 14.0.